The van der Waals surface area contributed by atoms with Crippen LogP contribution < -0.4 is 10.1 Å². The van der Waals surface area contributed by atoms with E-state index in [9.17, 15) is 0 Å². The molecule has 2 aromatic carbocycles. The van der Waals surface area contributed by atoms with Gasteiger partial charge in [-0.2, -0.15) is 5.10 Å². The Hall–Kier alpha value is -3.41. The molecule has 27 heavy (non-hydrogen) atoms. The molecular weight excluding hydrogens is 338 g/mol. The Balaban J connectivity index is 1.31. The monoisotopic (exact) mass is 359 g/mol. The molecule has 2 heterocycles. The lowest BCUT2D eigenvalue weighted by Crippen LogP contribution is -2.13. The zero-order valence-corrected chi connectivity index (χ0v) is 15.4. The summed E-state index contributed by atoms with van der Waals surface area (Å²) in [6, 6.07) is 20.2. The van der Waals surface area contributed by atoms with Crippen LogP contribution in [0.1, 0.15) is 11.4 Å². The molecule has 6 heteroatoms. The highest BCUT2D eigenvalue weighted by Gasteiger charge is 2.05. The summed E-state index contributed by atoms with van der Waals surface area (Å²) < 4.78 is 7.61. The van der Waals surface area contributed by atoms with Crippen molar-refractivity contribution in [3.8, 4) is 11.6 Å². The third-order valence-corrected chi connectivity index (χ3v) is 4.27. The number of aromatic nitrogens is 4. The Morgan fingerprint density at radius 1 is 0.926 bits per heavy atom. The number of benzene rings is 2. The molecule has 1 N–H and O–H groups in total. The van der Waals surface area contributed by atoms with E-state index in [1.54, 1.807) is 4.68 Å². The van der Waals surface area contributed by atoms with Gasteiger partial charge < -0.3 is 10.1 Å². The number of aryl methyl sites for hydroxylation is 2. The summed E-state index contributed by atoms with van der Waals surface area (Å²) in [5.41, 5.74) is 1.99. The van der Waals surface area contributed by atoms with E-state index >= 15 is 0 Å². The molecular formula is C21H21N5O. The van der Waals surface area contributed by atoms with Crippen LogP contribution in [0.25, 0.3) is 16.6 Å². The minimum atomic E-state index is 0.541. The largest absolute Gasteiger partial charge is 0.492 e. The first-order valence-electron chi connectivity index (χ1n) is 8.92. The summed E-state index contributed by atoms with van der Waals surface area (Å²) in [5.74, 6) is 2.28. The van der Waals surface area contributed by atoms with Gasteiger partial charge in [0.25, 0.3) is 0 Å². The lowest BCUT2D eigenvalue weighted by Gasteiger charge is -2.09. The number of hydrogen-bond donors (Lipinski definition) is 1. The highest BCUT2D eigenvalue weighted by molar-refractivity contribution is 5.83. The van der Waals surface area contributed by atoms with Gasteiger partial charge in [0.05, 0.1) is 12.2 Å². The van der Waals surface area contributed by atoms with E-state index in [4.69, 9.17) is 4.74 Å². The van der Waals surface area contributed by atoms with Crippen molar-refractivity contribution in [1.29, 1.82) is 0 Å². The highest BCUT2D eigenvalue weighted by Crippen LogP contribution is 2.20. The van der Waals surface area contributed by atoms with Gasteiger partial charge >= 0.3 is 0 Å². The van der Waals surface area contributed by atoms with Gasteiger partial charge in [-0.1, -0.05) is 30.3 Å². The molecule has 0 spiro atoms. The van der Waals surface area contributed by atoms with Crippen molar-refractivity contribution in [2.75, 3.05) is 18.5 Å². The normalized spacial score (nSPS) is 10.9. The van der Waals surface area contributed by atoms with Crippen molar-refractivity contribution >= 4 is 16.6 Å². The number of nitrogens with one attached hydrogen (secondary N) is 1. The van der Waals surface area contributed by atoms with Crippen molar-refractivity contribution in [3.63, 3.8) is 0 Å². The number of hydrogen-bond acceptors (Lipinski definition) is 5. The van der Waals surface area contributed by atoms with E-state index in [0.717, 1.165) is 17.1 Å². The number of nitrogens with zero attached hydrogens (tertiary/aromatic N) is 4. The fraction of sp³-hybridized carbons (Fsp3) is 0.190. The maximum Gasteiger partial charge on any atom is 0.176 e. The van der Waals surface area contributed by atoms with E-state index in [-0.39, 0.29) is 0 Å². The Morgan fingerprint density at radius 2 is 1.78 bits per heavy atom. The first-order valence-corrected chi connectivity index (χ1v) is 8.92. The van der Waals surface area contributed by atoms with E-state index in [1.807, 2.05) is 50.2 Å². The first kappa shape index (κ1) is 17.0. The van der Waals surface area contributed by atoms with Crippen LogP contribution in [-0.4, -0.2) is 33.1 Å². The minimum Gasteiger partial charge on any atom is -0.492 e. The van der Waals surface area contributed by atoms with E-state index in [1.165, 1.54) is 10.8 Å². The molecule has 0 atom stereocenters. The lowest BCUT2D eigenvalue weighted by atomic mass is 10.1. The van der Waals surface area contributed by atoms with Gasteiger partial charge in [0.2, 0.25) is 0 Å². The summed E-state index contributed by atoms with van der Waals surface area (Å²) in [6.07, 6.45) is 0. The maximum atomic E-state index is 5.82. The molecule has 136 valence electrons. The molecule has 4 aromatic rings. The van der Waals surface area contributed by atoms with Gasteiger partial charge in [0.15, 0.2) is 5.82 Å². The third kappa shape index (κ3) is 3.89. The van der Waals surface area contributed by atoms with Crippen LogP contribution in [0.4, 0.5) is 5.82 Å². The maximum absolute atomic E-state index is 5.82. The molecule has 0 bridgehead atoms. The minimum absolute atomic E-state index is 0.541. The van der Waals surface area contributed by atoms with Crippen LogP contribution in [0.15, 0.2) is 60.7 Å². The second-order valence-corrected chi connectivity index (χ2v) is 6.40. The molecule has 0 fully saturated rings. The molecule has 0 aliphatic heterocycles. The van der Waals surface area contributed by atoms with Gasteiger partial charge in [-0.25, -0.2) is 4.68 Å². The predicted octanol–water partition coefficient (Wildman–Crippen LogP) is 3.92. The summed E-state index contributed by atoms with van der Waals surface area (Å²) in [7, 11) is 0. The lowest BCUT2D eigenvalue weighted by molar-refractivity contribution is 0.333. The standard InChI is InChI=1S/C21H21N5O/c1-15-13-16(2)26(25-15)21-10-9-20(23-24-21)22-11-12-27-19-8-7-17-5-3-4-6-18(17)14-19/h3-10,13-14H,11-12H2,1-2H3,(H,22,23). The van der Waals surface area contributed by atoms with Crippen LogP contribution >= 0.6 is 0 Å². The topological polar surface area (TPSA) is 64.9 Å². The van der Waals surface area contributed by atoms with Crippen LogP contribution in [0.3, 0.4) is 0 Å². The SMILES string of the molecule is Cc1cc(C)n(-c2ccc(NCCOc3ccc4ccccc4c3)nn2)n1. The zero-order chi connectivity index (χ0) is 18.6. The highest BCUT2D eigenvalue weighted by atomic mass is 16.5. The van der Waals surface area contributed by atoms with Gasteiger partial charge in [-0.15, -0.1) is 10.2 Å². The molecule has 2 aromatic heterocycles. The average Bonchev–Trinajstić information content (AvgIpc) is 3.03. The molecule has 0 amide bonds. The number of ether oxygens (including phenoxy) is 1. The Labute approximate surface area is 157 Å². The fourth-order valence-corrected chi connectivity index (χ4v) is 3.00. The zero-order valence-electron chi connectivity index (χ0n) is 15.4. The summed E-state index contributed by atoms with van der Waals surface area (Å²) in [5, 5.41) is 18.5. The van der Waals surface area contributed by atoms with E-state index < -0.39 is 0 Å². The van der Waals surface area contributed by atoms with Crippen LogP contribution in [0, 0.1) is 13.8 Å². The van der Waals surface area contributed by atoms with Gasteiger partial charge in [0.1, 0.15) is 18.2 Å². The molecule has 0 radical (unpaired) electrons. The molecule has 6 nitrogen and oxygen atoms in total. The van der Waals surface area contributed by atoms with Gasteiger partial charge in [-0.3, -0.25) is 0 Å². The average molecular weight is 359 g/mol. The Kier molecular flexibility index (Phi) is 4.70. The molecule has 0 aliphatic rings. The van der Waals surface area contributed by atoms with Crippen molar-refractivity contribution in [1.82, 2.24) is 20.0 Å². The van der Waals surface area contributed by atoms with E-state index in [0.29, 0.717) is 24.8 Å². The van der Waals surface area contributed by atoms with Crippen LogP contribution in [0.2, 0.25) is 0 Å². The fourth-order valence-electron chi connectivity index (χ4n) is 3.00. The van der Waals surface area contributed by atoms with Gasteiger partial charge in [-0.05, 0) is 55.0 Å². The van der Waals surface area contributed by atoms with Gasteiger partial charge in [0, 0.05) is 5.69 Å². The number of anilines is 1. The second-order valence-electron chi connectivity index (χ2n) is 6.40. The predicted molar refractivity (Wildman–Crippen MR) is 107 cm³/mol. The molecule has 4 rings (SSSR count). The molecule has 0 saturated heterocycles. The second kappa shape index (κ2) is 7.45. The summed E-state index contributed by atoms with van der Waals surface area (Å²) in [4.78, 5) is 0. The van der Waals surface area contributed by atoms with Crippen molar-refractivity contribution in [2.45, 2.75) is 13.8 Å². The van der Waals surface area contributed by atoms with E-state index in [2.05, 4.69) is 44.9 Å². The quantitative estimate of drug-likeness (QED) is 0.529. The third-order valence-electron chi connectivity index (χ3n) is 4.27. The molecule has 0 unspecified atom stereocenters. The Bertz CT molecular complexity index is 1060. The molecule has 0 aliphatic carbocycles. The van der Waals surface area contributed by atoms with Crippen molar-refractivity contribution in [2.24, 2.45) is 0 Å². The first-order chi connectivity index (χ1) is 13.2. The summed E-state index contributed by atoms with van der Waals surface area (Å²) >= 11 is 0. The smallest absolute Gasteiger partial charge is 0.176 e. The molecule has 0 saturated carbocycles. The van der Waals surface area contributed by atoms with Crippen molar-refractivity contribution < 1.29 is 4.74 Å². The van der Waals surface area contributed by atoms with Crippen LogP contribution in [0.5, 0.6) is 5.75 Å². The Morgan fingerprint density at radius 3 is 2.52 bits per heavy atom. The number of fused-ring (bicyclic) bond motifs is 1. The summed E-state index contributed by atoms with van der Waals surface area (Å²) in [6.45, 7) is 5.14. The number of rotatable bonds is 6. The van der Waals surface area contributed by atoms with Crippen LogP contribution in [-0.2, 0) is 0 Å². The van der Waals surface area contributed by atoms with Crippen molar-refractivity contribution in [3.05, 3.63) is 72.1 Å².